The standard InChI is InChI=1S/C36H53ClN2O3/c1-25(2)26(3)10-9-18-36(41,24-38(5)6)33-16-13-30(33)22-39-19-8-7-11-29-20-32(37)15-12-31(29)23-42-35-17-14-28(27(4)40)21-34(35)39/h12,14-15,17,20-21,25-26,30,33,41H,7-11,13,16,18-19,22-24H2,1-6H3/t26-,30-,33+,36?/m0/s1. The van der Waals surface area contributed by atoms with Gasteiger partial charge in [0.05, 0.1) is 11.3 Å². The number of carbonyl (C=O) groups is 1. The summed E-state index contributed by atoms with van der Waals surface area (Å²) < 4.78 is 6.47. The summed E-state index contributed by atoms with van der Waals surface area (Å²) in [6.07, 6.45) is 8.29. The van der Waals surface area contributed by atoms with Gasteiger partial charge in [-0.15, -0.1) is 0 Å². The number of Topliss-reactive ketones (excluding diaryl/α,β-unsaturated/α-hetero) is 1. The van der Waals surface area contributed by atoms with Crippen LogP contribution in [0.15, 0.2) is 36.4 Å². The summed E-state index contributed by atoms with van der Waals surface area (Å²) in [4.78, 5) is 17.0. The van der Waals surface area contributed by atoms with Crippen LogP contribution in [0.2, 0.25) is 5.02 Å². The van der Waals surface area contributed by atoms with Gasteiger partial charge in [-0.1, -0.05) is 51.3 Å². The highest BCUT2D eigenvalue weighted by Crippen LogP contribution is 2.46. The molecule has 42 heavy (non-hydrogen) atoms. The maximum Gasteiger partial charge on any atom is 0.159 e. The minimum Gasteiger partial charge on any atom is -0.487 e. The van der Waals surface area contributed by atoms with E-state index in [1.54, 1.807) is 6.92 Å². The van der Waals surface area contributed by atoms with E-state index < -0.39 is 5.60 Å². The first-order valence-corrected chi connectivity index (χ1v) is 16.5. The van der Waals surface area contributed by atoms with Crippen molar-refractivity contribution in [3.05, 3.63) is 58.1 Å². The van der Waals surface area contributed by atoms with Gasteiger partial charge in [-0.3, -0.25) is 4.79 Å². The van der Waals surface area contributed by atoms with E-state index in [0.717, 1.165) is 86.5 Å². The average Bonchev–Trinajstić information content (AvgIpc) is 2.93. The van der Waals surface area contributed by atoms with Crippen LogP contribution < -0.4 is 9.64 Å². The molecule has 0 saturated heterocycles. The molecule has 1 aliphatic carbocycles. The van der Waals surface area contributed by atoms with Gasteiger partial charge in [0.1, 0.15) is 12.4 Å². The second-order valence-electron chi connectivity index (χ2n) is 13.7. The third-order valence-corrected chi connectivity index (χ3v) is 10.2. The largest absolute Gasteiger partial charge is 0.487 e. The molecule has 1 fully saturated rings. The molecule has 2 aromatic carbocycles. The maximum absolute atomic E-state index is 12.4. The fourth-order valence-corrected chi connectivity index (χ4v) is 7.12. The molecule has 2 aromatic rings. The van der Waals surface area contributed by atoms with Crippen molar-refractivity contribution in [3.8, 4) is 5.75 Å². The zero-order valence-corrected chi connectivity index (χ0v) is 27.6. The average molecular weight is 597 g/mol. The van der Waals surface area contributed by atoms with E-state index in [1.807, 2.05) is 24.3 Å². The van der Waals surface area contributed by atoms with E-state index in [4.69, 9.17) is 16.3 Å². The van der Waals surface area contributed by atoms with Gasteiger partial charge in [0.15, 0.2) is 5.78 Å². The topological polar surface area (TPSA) is 53.0 Å². The summed E-state index contributed by atoms with van der Waals surface area (Å²) in [6.45, 7) is 11.5. The molecule has 4 atom stereocenters. The van der Waals surface area contributed by atoms with Crippen molar-refractivity contribution in [2.75, 3.05) is 38.6 Å². The Morgan fingerprint density at radius 1 is 1.12 bits per heavy atom. The van der Waals surface area contributed by atoms with Gasteiger partial charge in [-0.2, -0.15) is 0 Å². The van der Waals surface area contributed by atoms with Gasteiger partial charge < -0.3 is 19.6 Å². The molecule has 1 aliphatic heterocycles. The van der Waals surface area contributed by atoms with Gasteiger partial charge >= 0.3 is 0 Å². The van der Waals surface area contributed by atoms with E-state index in [-0.39, 0.29) is 11.7 Å². The van der Waals surface area contributed by atoms with Crippen molar-refractivity contribution in [1.29, 1.82) is 0 Å². The smallest absolute Gasteiger partial charge is 0.159 e. The van der Waals surface area contributed by atoms with Gasteiger partial charge in [0.25, 0.3) is 0 Å². The number of likely N-dealkylation sites (N-methyl/N-ethyl adjacent to an activating group) is 1. The molecule has 0 spiro atoms. The van der Waals surface area contributed by atoms with Crippen molar-refractivity contribution in [3.63, 3.8) is 0 Å². The molecule has 1 unspecified atom stereocenters. The van der Waals surface area contributed by atoms with Gasteiger partial charge in [0, 0.05) is 30.2 Å². The van der Waals surface area contributed by atoms with Crippen LogP contribution >= 0.6 is 11.6 Å². The number of hydrogen-bond donors (Lipinski definition) is 1. The second kappa shape index (κ2) is 14.6. The SMILES string of the molecule is CC(=O)c1ccc2c(c1)N(C[C@@H]1CC[C@H]1C(O)(CCC[C@H](C)C(C)C)CN(C)C)CCCCc1cc(Cl)ccc1CO2. The lowest BCUT2D eigenvalue weighted by atomic mass is 9.62. The molecule has 1 N–H and O–H groups in total. The lowest BCUT2D eigenvalue weighted by Gasteiger charge is -2.50. The molecule has 1 heterocycles. The number of ether oxygens (including phenoxy) is 1. The first-order valence-electron chi connectivity index (χ1n) is 16.1. The quantitative estimate of drug-likeness (QED) is 0.266. The Labute approximate surface area is 259 Å². The number of hydrogen-bond acceptors (Lipinski definition) is 5. The van der Waals surface area contributed by atoms with Crippen molar-refractivity contribution < 1.29 is 14.6 Å². The number of aliphatic hydroxyl groups is 1. The molecule has 0 amide bonds. The van der Waals surface area contributed by atoms with Crippen LogP contribution in [0, 0.1) is 23.7 Å². The minimum atomic E-state index is -0.695. The monoisotopic (exact) mass is 596 g/mol. The van der Waals surface area contributed by atoms with Crippen molar-refractivity contribution in [1.82, 2.24) is 4.90 Å². The molecule has 0 aromatic heterocycles. The number of halogens is 1. The summed E-state index contributed by atoms with van der Waals surface area (Å²) in [5, 5.41) is 12.9. The number of anilines is 1. The maximum atomic E-state index is 12.4. The molecule has 0 radical (unpaired) electrons. The predicted molar refractivity (Wildman–Crippen MR) is 175 cm³/mol. The number of benzene rings is 2. The van der Waals surface area contributed by atoms with Crippen LogP contribution in [0.3, 0.4) is 0 Å². The molecular formula is C36H53ClN2O3. The van der Waals surface area contributed by atoms with Gasteiger partial charge in [-0.05, 0) is 125 Å². The van der Waals surface area contributed by atoms with E-state index in [9.17, 15) is 9.90 Å². The minimum absolute atomic E-state index is 0.0598. The lowest BCUT2D eigenvalue weighted by molar-refractivity contribution is -0.100. The normalized spacial score (nSPS) is 21.4. The van der Waals surface area contributed by atoms with Crippen LogP contribution in [-0.2, 0) is 13.0 Å². The Hall–Kier alpha value is -2.08. The van der Waals surface area contributed by atoms with Crippen LogP contribution in [0.5, 0.6) is 5.75 Å². The molecule has 6 heteroatoms. The van der Waals surface area contributed by atoms with Crippen LogP contribution in [0.4, 0.5) is 5.69 Å². The van der Waals surface area contributed by atoms with E-state index in [2.05, 4.69) is 56.8 Å². The number of fused-ring (bicyclic) bond motifs is 2. The number of carbonyl (C=O) groups excluding carboxylic acids is 1. The van der Waals surface area contributed by atoms with Crippen molar-refractivity contribution >= 4 is 23.1 Å². The highest BCUT2D eigenvalue weighted by atomic mass is 35.5. The molecular weight excluding hydrogens is 544 g/mol. The Morgan fingerprint density at radius 2 is 1.90 bits per heavy atom. The molecule has 0 bridgehead atoms. The summed E-state index contributed by atoms with van der Waals surface area (Å²) in [7, 11) is 4.15. The van der Waals surface area contributed by atoms with Gasteiger partial charge in [0.2, 0.25) is 0 Å². The third kappa shape index (κ3) is 8.30. The number of aryl methyl sites for hydroxylation is 1. The van der Waals surface area contributed by atoms with E-state index in [0.29, 0.717) is 36.5 Å². The Morgan fingerprint density at radius 3 is 2.57 bits per heavy atom. The zero-order valence-electron chi connectivity index (χ0n) is 26.8. The Bertz CT molecular complexity index is 1200. The molecule has 5 nitrogen and oxygen atoms in total. The summed E-state index contributed by atoms with van der Waals surface area (Å²) >= 11 is 6.35. The lowest BCUT2D eigenvalue weighted by Crippen LogP contribution is -2.55. The fraction of sp³-hybridized carbons (Fsp3) is 0.639. The highest BCUT2D eigenvalue weighted by molar-refractivity contribution is 6.30. The predicted octanol–water partition coefficient (Wildman–Crippen LogP) is 8.05. The Balaban J connectivity index is 1.58. The summed E-state index contributed by atoms with van der Waals surface area (Å²) in [5.74, 6) is 2.86. The zero-order chi connectivity index (χ0) is 30.4. The third-order valence-electron chi connectivity index (χ3n) is 9.94. The van der Waals surface area contributed by atoms with Crippen LogP contribution in [-0.4, -0.2) is 55.1 Å². The van der Waals surface area contributed by atoms with Crippen LogP contribution in [0.1, 0.15) is 94.1 Å². The Kier molecular flexibility index (Phi) is 11.4. The second-order valence-corrected chi connectivity index (χ2v) is 14.2. The van der Waals surface area contributed by atoms with Crippen LogP contribution in [0.25, 0.3) is 0 Å². The molecule has 232 valence electrons. The number of rotatable bonds is 11. The molecule has 2 aliphatic rings. The van der Waals surface area contributed by atoms with Gasteiger partial charge in [-0.25, -0.2) is 0 Å². The first-order chi connectivity index (χ1) is 20.0. The first kappa shape index (κ1) is 32.8. The molecule has 1 saturated carbocycles. The van der Waals surface area contributed by atoms with E-state index >= 15 is 0 Å². The van der Waals surface area contributed by atoms with E-state index in [1.165, 1.54) is 5.56 Å². The summed E-state index contributed by atoms with van der Waals surface area (Å²) in [6, 6.07) is 11.9. The van der Waals surface area contributed by atoms with Crippen molar-refractivity contribution in [2.24, 2.45) is 23.7 Å². The summed E-state index contributed by atoms with van der Waals surface area (Å²) in [5.41, 5.74) is 3.41. The highest BCUT2D eigenvalue weighted by Gasteiger charge is 2.47. The fourth-order valence-electron chi connectivity index (χ4n) is 6.93. The number of nitrogens with zero attached hydrogens (tertiary/aromatic N) is 2. The van der Waals surface area contributed by atoms with Crippen molar-refractivity contribution in [2.45, 2.75) is 91.3 Å². The molecule has 4 rings (SSSR count). The number of ketones is 1.